The Labute approximate surface area is 97.6 Å². The van der Waals surface area contributed by atoms with Gasteiger partial charge in [0.05, 0.1) is 0 Å². The number of rotatable bonds is 4. The summed E-state index contributed by atoms with van der Waals surface area (Å²) in [6.07, 6.45) is 0. The summed E-state index contributed by atoms with van der Waals surface area (Å²) in [5.41, 5.74) is 0. The number of amides is 1. The summed E-state index contributed by atoms with van der Waals surface area (Å²) in [5.74, 6) is -1.51. The molecule has 0 aromatic carbocycles. The van der Waals surface area contributed by atoms with Crippen LogP contribution in [0.1, 0.15) is 24.4 Å². The fourth-order valence-electron chi connectivity index (χ4n) is 1.21. The molecule has 16 heavy (non-hydrogen) atoms. The molecule has 0 atom stereocenters. The van der Waals surface area contributed by atoms with E-state index >= 15 is 0 Å². The van der Waals surface area contributed by atoms with Gasteiger partial charge in [0.2, 0.25) is 0 Å². The SMILES string of the molecule is CC(C)N(CC(=O)O)C(=O)c1ccc(Cl)o1. The second-order valence-electron chi connectivity index (χ2n) is 3.52. The smallest absolute Gasteiger partial charge is 0.323 e. The zero-order valence-electron chi connectivity index (χ0n) is 8.94. The molecule has 1 aromatic rings. The topological polar surface area (TPSA) is 70.8 Å². The molecule has 1 heterocycles. The number of carboxylic acids is 1. The summed E-state index contributed by atoms with van der Waals surface area (Å²) >= 11 is 5.54. The fraction of sp³-hybridized carbons (Fsp3) is 0.400. The number of hydrogen-bond donors (Lipinski definition) is 1. The molecular weight excluding hydrogens is 234 g/mol. The quantitative estimate of drug-likeness (QED) is 0.879. The molecule has 1 rings (SSSR count). The summed E-state index contributed by atoms with van der Waals surface area (Å²) in [7, 11) is 0. The highest BCUT2D eigenvalue weighted by molar-refractivity contribution is 6.29. The molecular formula is C10H12ClNO4. The minimum atomic E-state index is -1.07. The van der Waals surface area contributed by atoms with E-state index in [1.807, 2.05) is 0 Å². The van der Waals surface area contributed by atoms with Crippen molar-refractivity contribution in [1.82, 2.24) is 4.90 Å². The lowest BCUT2D eigenvalue weighted by atomic mass is 10.3. The third-order valence-corrected chi connectivity index (χ3v) is 2.18. The Kier molecular flexibility index (Phi) is 3.95. The first-order valence-corrected chi connectivity index (χ1v) is 5.07. The van der Waals surface area contributed by atoms with Gasteiger partial charge in [-0.2, -0.15) is 0 Å². The molecule has 0 saturated heterocycles. The van der Waals surface area contributed by atoms with Crippen LogP contribution < -0.4 is 0 Å². The first kappa shape index (κ1) is 12.6. The van der Waals surface area contributed by atoms with Gasteiger partial charge in [-0.1, -0.05) is 0 Å². The maximum absolute atomic E-state index is 11.8. The van der Waals surface area contributed by atoms with Crippen LogP contribution >= 0.6 is 11.6 Å². The highest BCUT2D eigenvalue weighted by atomic mass is 35.5. The lowest BCUT2D eigenvalue weighted by Crippen LogP contribution is -2.40. The summed E-state index contributed by atoms with van der Waals surface area (Å²) in [4.78, 5) is 23.6. The molecule has 0 unspecified atom stereocenters. The molecule has 0 bridgehead atoms. The van der Waals surface area contributed by atoms with Gasteiger partial charge < -0.3 is 14.4 Å². The monoisotopic (exact) mass is 245 g/mol. The summed E-state index contributed by atoms with van der Waals surface area (Å²) in [5, 5.41) is 8.78. The summed E-state index contributed by atoms with van der Waals surface area (Å²) in [6, 6.07) is 2.63. The molecule has 1 amide bonds. The van der Waals surface area contributed by atoms with Crippen LogP contribution in [0.2, 0.25) is 5.22 Å². The summed E-state index contributed by atoms with van der Waals surface area (Å²) < 4.78 is 4.94. The molecule has 0 aliphatic heterocycles. The van der Waals surface area contributed by atoms with Crippen molar-refractivity contribution in [2.45, 2.75) is 19.9 Å². The molecule has 0 aliphatic carbocycles. The zero-order valence-corrected chi connectivity index (χ0v) is 9.69. The minimum Gasteiger partial charge on any atom is -0.480 e. The van der Waals surface area contributed by atoms with Crippen LogP contribution in [0, 0.1) is 0 Å². The van der Waals surface area contributed by atoms with Gasteiger partial charge in [0.15, 0.2) is 11.0 Å². The molecule has 0 spiro atoms. The summed E-state index contributed by atoms with van der Waals surface area (Å²) in [6.45, 7) is 3.09. The molecule has 6 heteroatoms. The largest absolute Gasteiger partial charge is 0.480 e. The van der Waals surface area contributed by atoms with E-state index < -0.39 is 11.9 Å². The Morgan fingerprint density at radius 1 is 1.50 bits per heavy atom. The number of nitrogens with zero attached hydrogens (tertiary/aromatic N) is 1. The molecule has 5 nitrogen and oxygen atoms in total. The van der Waals surface area contributed by atoms with Crippen molar-refractivity contribution < 1.29 is 19.1 Å². The number of hydrogen-bond acceptors (Lipinski definition) is 3. The van der Waals surface area contributed by atoms with Gasteiger partial charge >= 0.3 is 5.97 Å². The molecule has 1 aromatic heterocycles. The van der Waals surface area contributed by atoms with E-state index in [1.54, 1.807) is 13.8 Å². The van der Waals surface area contributed by atoms with Crippen molar-refractivity contribution in [3.05, 3.63) is 23.1 Å². The van der Waals surface area contributed by atoms with E-state index in [0.29, 0.717) is 0 Å². The van der Waals surface area contributed by atoms with Gasteiger partial charge in [0.25, 0.3) is 5.91 Å². The average molecular weight is 246 g/mol. The van der Waals surface area contributed by atoms with E-state index in [-0.39, 0.29) is 23.6 Å². The second-order valence-corrected chi connectivity index (χ2v) is 3.90. The maximum Gasteiger partial charge on any atom is 0.323 e. The Morgan fingerprint density at radius 3 is 2.50 bits per heavy atom. The van der Waals surface area contributed by atoms with Crippen LogP contribution in [-0.4, -0.2) is 34.5 Å². The Hall–Kier alpha value is -1.49. The molecule has 0 radical (unpaired) electrons. The standard InChI is InChI=1S/C10H12ClNO4/c1-6(2)12(5-9(13)14)10(15)7-3-4-8(11)16-7/h3-4,6H,5H2,1-2H3,(H,13,14). The zero-order chi connectivity index (χ0) is 12.3. The molecule has 0 saturated carbocycles. The first-order valence-electron chi connectivity index (χ1n) is 4.70. The van der Waals surface area contributed by atoms with Crippen LogP contribution in [0.5, 0.6) is 0 Å². The van der Waals surface area contributed by atoms with E-state index in [0.717, 1.165) is 0 Å². The fourth-order valence-corrected chi connectivity index (χ4v) is 1.35. The van der Waals surface area contributed by atoms with Gasteiger partial charge in [-0.3, -0.25) is 9.59 Å². The Morgan fingerprint density at radius 2 is 2.12 bits per heavy atom. The molecule has 88 valence electrons. The second kappa shape index (κ2) is 5.03. The lowest BCUT2D eigenvalue weighted by Gasteiger charge is -2.23. The number of carboxylic acid groups (broad SMARTS) is 1. The molecule has 0 aliphatic rings. The van der Waals surface area contributed by atoms with Gasteiger partial charge in [-0.05, 0) is 37.6 Å². The van der Waals surface area contributed by atoms with Gasteiger partial charge in [-0.15, -0.1) is 0 Å². The maximum atomic E-state index is 11.8. The number of furan rings is 1. The third kappa shape index (κ3) is 3.00. The van der Waals surface area contributed by atoms with E-state index in [2.05, 4.69) is 0 Å². The third-order valence-electron chi connectivity index (χ3n) is 1.97. The highest BCUT2D eigenvalue weighted by Crippen LogP contribution is 2.16. The van der Waals surface area contributed by atoms with Gasteiger partial charge in [0.1, 0.15) is 6.54 Å². The number of halogens is 1. The number of carbonyl (C=O) groups excluding carboxylic acids is 1. The lowest BCUT2D eigenvalue weighted by molar-refractivity contribution is -0.138. The van der Waals surface area contributed by atoms with E-state index in [9.17, 15) is 9.59 Å². The van der Waals surface area contributed by atoms with Gasteiger partial charge in [0, 0.05) is 6.04 Å². The molecule has 0 fully saturated rings. The number of aliphatic carboxylic acids is 1. The average Bonchev–Trinajstić information content (AvgIpc) is 2.59. The van der Waals surface area contributed by atoms with Crippen LogP contribution in [0.4, 0.5) is 0 Å². The van der Waals surface area contributed by atoms with Crippen LogP contribution in [-0.2, 0) is 4.79 Å². The van der Waals surface area contributed by atoms with Crippen molar-refractivity contribution in [3.8, 4) is 0 Å². The van der Waals surface area contributed by atoms with E-state index in [4.69, 9.17) is 21.1 Å². The van der Waals surface area contributed by atoms with Crippen molar-refractivity contribution in [3.63, 3.8) is 0 Å². The van der Waals surface area contributed by atoms with Crippen LogP contribution in [0.15, 0.2) is 16.5 Å². The van der Waals surface area contributed by atoms with Crippen molar-refractivity contribution >= 4 is 23.5 Å². The normalized spacial score (nSPS) is 10.5. The predicted molar refractivity (Wildman–Crippen MR) is 57.5 cm³/mol. The van der Waals surface area contributed by atoms with Gasteiger partial charge in [-0.25, -0.2) is 0 Å². The van der Waals surface area contributed by atoms with Crippen molar-refractivity contribution in [2.75, 3.05) is 6.54 Å². The molecule has 1 N–H and O–H groups in total. The Bertz CT molecular complexity index is 399. The van der Waals surface area contributed by atoms with Crippen molar-refractivity contribution in [1.29, 1.82) is 0 Å². The number of carbonyl (C=O) groups is 2. The minimum absolute atomic E-state index is 0.0416. The highest BCUT2D eigenvalue weighted by Gasteiger charge is 2.23. The van der Waals surface area contributed by atoms with Crippen LogP contribution in [0.25, 0.3) is 0 Å². The Balaban J connectivity index is 2.87. The first-order chi connectivity index (χ1) is 7.41. The predicted octanol–water partition coefficient (Wildman–Crippen LogP) is 1.87. The van der Waals surface area contributed by atoms with E-state index in [1.165, 1.54) is 17.0 Å². The van der Waals surface area contributed by atoms with Crippen molar-refractivity contribution in [2.24, 2.45) is 0 Å². The van der Waals surface area contributed by atoms with Crippen LogP contribution in [0.3, 0.4) is 0 Å².